The number of rotatable bonds is 3. The van der Waals surface area contributed by atoms with E-state index in [1.54, 1.807) is 18.2 Å². The van der Waals surface area contributed by atoms with Crippen LogP contribution in [0.1, 0.15) is 5.89 Å². The van der Waals surface area contributed by atoms with Gasteiger partial charge in [-0.25, -0.2) is 9.78 Å². The van der Waals surface area contributed by atoms with E-state index < -0.39 is 5.63 Å². The Morgan fingerprint density at radius 3 is 2.75 bits per heavy atom. The van der Waals surface area contributed by atoms with Crippen LogP contribution in [0.5, 0.6) is 5.75 Å². The topological polar surface area (TPSA) is 52.3 Å². The van der Waals surface area contributed by atoms with Gasteiger partial charge in [-0.15, -0.1) is 0 Å². The summed E-state index contributed by atoms with van der Waals surface area (Å²) in [5, 5.41) is 0.920. The maximum atomic E-state index is 11.8. The molecule has 0 N–H and O–H groups in total. The van der Waals surface area contributed by atoms with Gasteiger partial charge in [0.15, 0.2) is 6.61 Å². The molecule has 0 aliphatic rings. The van der Waals surface area contributed by atoms with Gasteiger partial charge < -0.3 is 9.15 Å². The van der Waals surface area contributed by atoms with E-state index in [-0.39, 0.29) is 12.5 Å². The highest BCUT2D eigenvalue weighted by Gasteiger charge is 2.07. The fourth-order valence-corrected chi connectivity index (χ4v) is 1.98. The maximum Gasteiger partial charge on any atom is 0.346 e. The third kappa shape index (κ3) is 2.65. The van der Waals surface area contributed by atoms with E-state index in [1.165, 1.54) is 0 Å². The molecule has 2 aromatic carbocycles. The molecule has 1 aromatic heterocycles. The molecule has 4 nitrogen and oxygen atoms in total. The molecule has 0 radical (unpaired) electrons. The number of hydrogen-bond donors (Lipinski definition) is 0. The van der Waals surface area contributed by atoms with Crippen molar-refractivity contribution in [3.05, 3.63) is 69.9 Å². The van der Waals surface area contributed by atoms with E-state index in [0.29, 0.717) is 21.7 Å². The number of nitrogens with zero attached hydrogens (tertiary/aromatic N) is 1. The van der Waals surface area contributed by atoms with Crippen LogP contribution in [0.2, 0.25) is 5.02 Å². The number of para-hydroxylation sites is 1. The van der Waals surface area contributed by atoms with Crippen LogP contribution in [0.3, 0.4) is 0 Å². The van der Waals surface area contributed by atoms with E-state index >= 15 is 0 Å². The van der Waals surface area contributed by atoms with Gasteiger partial charge in [0, 0.05) is 5.02 Å². The van der Waals surface area contributed by atoms with Gasteiger partial charge in [-0.05, 0) is 30.3 Å². The van der Waals surface area contributed by atoms with Crippen LogP contribution in [0, 0.1) is 0 Å². The molecule has 0 bridgehead atoms. The third-order valence-electron chi connectivity index (χ3n) is 2.74. The van der Waals surface area contributed by atoms with E-state index in [2.05, 4.69) is 4.98 Å². The fourth-order valence-electron chi connectivity index (χ4n) is 1.81. The van der Waals surface area contributed by atoms with Gasteiger partial charge in [0.2, 0.25) is 5.89 Å². The SMILES string of the molecule is O=c1oc(COc2ccccc2)nc2cc(Cl)ccc12. The van der Waals surface area contributed by atoms with Gasteiger partial charge in [0.05, 0.1) is 10.9 Å². The van der Waals surface area contributed by atoms with Crippen molar-refractivity contribution in [1.82, 2.24) is 4.98 Å². The quantitative estimate of drug-likeness (QED) is 0.740. The minimum Gasteiger partial charge on any atom is -0.484 e. The van der Waals surface area contributed by atoms with Gasteiger partial charge in [-0.1, -0.05) is 29.8 Å². The van der Waals surface area contributed by atoms with E-state index in [1.807, 2.05) is 30.3 Å². The Hall–Kier alpha value is -2.33. The summed E-state index contributed by atoms with van der Waals surface area (Å²) < 4.78 is 10.6. The summed E-state index contributed by atoms with van der Waals surface area (Å²) >= 11 is 5.89. The highest BCUT2D eigenvalue weighted by atomic mass is 35.5. The Kier molecular flexibility index (Phi) is 3.39. The molecular weight excluding hydrogens is 278 g/mol. The van der Waals surface area contributed by atoms with Gasteiger partial charge in [-0.3, -0.25) is 0 Å². The number of ether oxygens (including phenoxy) is 1. The Balaban J connectivity index is 1.90. The Morgan fingerprint density at radius 1 is 1.15 bits per heavy atom. The van der Waals surface area contributed by atoms with Crippen molar-refractivity contribution in [3.8, 4) is 5.75 Å². The summed E-state index contributed by atoms with van der Waals surface area (Å²) in [7, 11) is 0. The molecule has 1 heterocycles. The molecule has 0 fully saturated rings. The van der Waals surface area contributed by atoms with E-state index in [4.69, 9.17) is 20.8 Å². The molecule has 0 saturated carbocycles. The van der Waals surface area contributed by atoms with Crippen LogP contribution in [0.4, 0.5) is 0 Å². The van der Waals surface area contributed by atoms with Crippen LogP contribution in [-0.4, -0.2) is 4.98 Å². The molecule has 3 rings (SSSR count). The van der Waals surface area contributed by atoms with Crippen molar-refractivity contribution in [2.24, 2.45) is 0 Å². The molecule has 3 aromatic rings. The average Bonchev–Trinajstić information content (AvgIpc) is 2.46. The zero-order chi connectivity index (χ0) is 13.9. The number of halogens is 1. The molecule has 0 saturated heterocycles. The first-order valence-corrected chi connectivity index (χ1v) is 6.37. The normalized spacial score (nSPS) is 10.7. The summed E-state index contributed by atoms with van der Waals surface area (Å²) in [6, 6.07) is 14.1. The standard InChI is InChI=1S/C15H10ClNO3/c16-10-6-7-12-13(8-10)17-14(20-15(12)18)9-19-11-4-2-1-3-5-11/h1-8H,9H2. The molecule has 5 heteroatoms. The molecule has 20 heavy (non-hydrogen) atoms. The Bertz CT molecular complexity index is 799. The van der Waals surface area contributed by atoms with E-state index in [0.717, 1.165) is 0 Å². The van der Waals surface area contributed by atoms with Gasteiger partial charge in [0.1, 0.15) is 5.75 Å². The second-order valence-corrected chi connectivity index (χ2v) is 4.59. The number of fused-ring (bicyclic) bond motifs is 1. The lowest BCUT2D eigenvalue weighted by Gasteiger charge is -2.05. The van der Waals surface area contributed by atoms with Crippen molar-refractivity contribution >= 4 is 22.5 Å². The van der Waals surface area contributed by atoms with Crippen LogP contribution >= 0.6 is 11.6 Å². The second kappa shape index (κ2) is 5.35. The highest BCUT2D eigenvalue weighted by Crippen LogP contribution is 2.16. The Morgan fingerprint density at radius 2 is 1.95 bits per heavy atom. The maximum absolute atomic E-state index is 11.8. The molecule has 0 spiro atoms. The first kappa shape index (κ1) is 12.7. The largest absolute Gasteiger partial charge is 0.484 e. The van der Waals surface area contributed by atoms with Crippen LogP contribution in [0.15, 0.2) is 57.7 Å². The van der Waals surface area contributed by atoms with Crippen molar-refractivity contribution in [1.29, 1.82) is 0 Å². The summed E-state index contributed by atoms with van der Waals surface area (Å²) in [5.74, 6) is 0.900. The van der Waals surface area contributed by atoms with Gasteiger partial charge in [0.25, 0.3) is 0 Å². The highest BCUT2D eigenvalue weighted by molar-refractivity contribution is 6.31. The van der Waals surface area contributed by atoms with Crippen LogP contribution in [0.25, 0.3) is 10.9 Å². The summed E-state index contributed by atoms with van der Waals surface area (Å²) in [6.45, 7) is 0.0850. The monoisotopic (exact) mass is 287 g/mol. The van der Waals surface area contributed by atoms with Crippen LogP contribution < -0.4 is 10.4 Å². The lowest BCUT2D eigenvalue weighted by Crippen LogP contribution is -2.07. The predicted molar refractivity (Wildman–Crippen MR) is 76.1 cm³/mol. The molecule has 0 atom stereocenters. The predicted octanol–water partition coefficient (Wildman–Crippen LogP) is 3.42. The second-order valence-electron chi connectivity index (χ2n) is 4.16. The minimum atomic E-state index is -0.446. The zero-order valence-electron chi connectivity index (χ0n) is 10.4. The molecule has 0 unspecified atom stereocenters. The lowest BCUT2D eigenvalue weighted by molar-refractivity contribution is 0.253. The molecular formula is C15H10ClNO3. The average molecular weight is 288 g/mol. The third-order valence-corrected chi connectivity index (χ3v) is 2.98. The molecule has 0 aliphatic carbocycles. The molecule has 0 amide bonds. The summed E-state index contributed by atoms with van der Waals surface area (Å²) in [6.07, 6.45) is 0. The van der Waals surface area contributed by atoms with Crippen LogP contribution in [-0.2, 0) is 6.61 Å². The Labute approximate surface area is 119 Å². The first-order valence-electron chi connectivity index (χ1n) is 5.99. The van der Waals surface area contributed by atoms with Gasteiger partial charge >= 0.3 is 5.63 Å². The minimum absolute atomic E-state index is 0.0850. The number of benzene rings is 2. The molecule has 0 aliphatic heterocycles. The zero-order valence-corrected chi connectivity index (χ0v) is 11.1. The van der Waals surface area contributed by atoms with Crippen molar-refractivity contribution < 1.29 is 9.15 Å². The van der Waals surface area contributed by atoms with Crippen molar-refractivity contribution in [3.63, 3.8) is 0 Å². The van der Waals surface area contributed by atoms with E-state index in [9.17, 15) is 4.79 Å². The summed E-state index contributed by atoms with van der Waals surface area (Å²) in [5.41, 5.74) is 0.0544. The van der Waals surface area contributed by atoms with Gasteiger partial charge in [-0.2, -0.15) is 0 Å². The first-order chi connectivity index (χ1) is 9.72. The lowest BCUT2D eigenvalue weighted by atomic mass is 10.2. The number of aromatic nitrogens is 1. The summed E-state index contributed by atoms with van der Waals surface area (Å²) in [4.78, 5) is 16.1. The van der Waals surface area contributed by atoms with Crippen molar-refractivity contribution in [2.45, 2.75) is 6.61 Å². The van der Waals surface area contributed by atoms with Crippen molar-refractivity contribution in [2.75, 3.05) is 0 Å². The number of hydrogen-bond acceptors (Lipinski definition) is 4. The molecule has 100 valence electrons. The fraction of sp³-hybridized carbons (Fsp3) is 0.0667. The smallest absolute Gasteiger partial charge is 0.346 e.